The van der Waals surface area contributed by atoms with Crippen molar-refractivity contribution >= 4 is 22.6 Å². The minimum absolute atomic E-state index is 0.0448. The fraction of sp³-hybridized carbons (Fsp3) is 0.933. The van der Waals surface area contributed by atoms with Gasteiger partial charge in [-0.3, -0.25) is 4.79 Å². The summed E-state index contributed by atoms with van der Waals surface area (Å²) < 4.78 is 11.3. The summed E-state index contributed by atoms with van der Waals surface area (Å²) in [4.78, 5) is 14.1. The summed E-state index contributed by atoms with van der Waals surface area (Å²) in [6, 6.07) is 1.18. The molecule has 0 heterocycles. The molecular formula is C15H35NO3Si2. The Morgan fingerprint density at radius 2 is 1.67 bits per heavy atom. The molecule has 0 atom stereocenters. The zero-order valence-corrected chi connectivity index (χ0v) is 17.1. The molecule has 0 amide bonds. The quantitative estimate of drug-likeness (QED) is 0.540. The van der Waals surface area contributed by atoms with Gasteiger partial charge in [-0.1, -0.05) is 6.92 Å². The summed E-state index contributed by atoms with van der Waals surface area (Å²) in [5, 5.41) is 0. The van der Waals surface area contributed by atoms with E-state index in [4.69, 9.17) is 8.85 Å². The van der Waals surface area contributed by atoms with Crippen LogP contribution in [0.5, 0.6) is 0 Å². The number of carbonyl (C=O) groups excluding carboxylic acids is 1. The molecule has 0 saturated heterocycles. The van der Waals surface area contributed by atoms with E-state index in [2.05, 4.69) is 31.8 Å². The standard InChI is InChI=1S/C15H35NO3Si2/c1-8-16(12-10-14-21(6,7)18-9-2)13-11-15(17)19-20(3,4)5/h8-14H2,1-7H3. The van der Waals surface area contributed by atoms with Crippen LogP contribution in [0.15, 0.2) is 0 Å². The van der Waals surface area contributed by atoms with E-state index in [0.29, 0.717) is 6.42 Å². The van der Waals surface area contributed by atoms with Crippen LogP contribution < -0.4 is 0 Å². The van der Waals surface area contributed by atoms with E-state index in [9.17, 15) is 4.79 Å². The van der Waals surface area contributed by atoms with Crippen LogP contribution in [0.4, 0.5) is 0 Å². The Kier molecular flexibility index (Phi) is 9.68. The first-order chi connectivity index (χ1) is 9.59. The van der Waals surface area contributed by atoms with E-state index in [1.165, 1.54) is 6.04 Å². The van der Waals surface area contributed by atoms with E-state index in [-0.39, 0.29) is 5.97 Å². The first-order valence-electron chi connectivity index (χ1n) is 8.18. The van der Waals surface area contributed by atoms with Crippen LogP contribution >= 0.6 is 0 Å². The monoisotopic (exact) mass is 333 g/mol. The maximum atomic E-state index is 11.8. The summed E-state index contributed by atoms with van der Waals surface area (Å²) in [6.45, 7) is 18.5. The lowest BCUT2D eigenvalue weighted by atomic mass is 10.3. The zero-order chi connectivity index (χ0) is 16.5. The Bertz CT molecular complexity index is 304. The van der Waals surface area contributed by atoms with E-state index in [0.717, 1.165) is 32.7 Å². The highest BCUT2D eigenvalue weighted by Gasteiger charge is 2.22. The Balaban J connectivity index is 3.99. The molecule has 0 radical (unpaired) electrons. The molecule has 0 aromatic heterocycles. The van der Waals surface area contributed by atoms with Crippen LogP contribution in [0.1, 0.15) is 26.7 Å². The van der Waals surface area contributed by atoms with Gasteiger partial charge in [0.2, 0.25) is 8.32 Å². The highest BCUT2D eigenvalue weighted by Crippen LogP contribution is 2.14. The predicted octanol–water partition coefficient (Wildman–Crippen LogP) is 3.71. The summed E-state index contributed by atoms with van der Waals surface area (Å²) in [7, 11) is -3.21. The molecule has 21 heavy (non-hydrogen) atoms. The second kappa shape index (κ2) is 9.76. The average molecular weight is 334 g/mol. The number of carbonyl (C=O) groups is 1. The third kappa shape index (κ3) is 12.1. The van der Waals surface area contributed by atoms with Crippen LogP contribution in [0.25, 0.3) is 0 Å². The van der Waals surface area contributed by atoms with Gasteiger partial charge in [0.05, 0.1) is 6.42 Å². The van der Waals surface area contributed by atoms with Gasteiger partial charge in [0, 0.05) is 13.2 Å². The molecule has 0 N–H and O–H groups in total. The van der Waals surface area contributed by atoms with Gasteiger partial charge in [-0.05, 0) is 65.2 Å². The van der Waals surface area contributed by atoms with Crippen LogP contribution in [-0.2, 0) is 13.6 Å². The lowest BCUT2D eigenvalue weighted by Gasteiger charge is -2.25. The van der Waals surface area contributed by atoms with Crippen molar-refractivity contribution < 1.29 is 13.6 Å². The third-order valence-corrected chi connectivity index (χ3v) is 6.76. The van der Waals surface area contributed by atoms with Gasteiger partial charge in [0.15, 0.2) is 8.32 Å². The number of rotatable bonds is 11. The molecule has 4 nitrogen and oxygen atoms in total. The molecule has 0 rings (SSSR count). The lowest BCUT2D eigenvalue weighted by molar-refractivity contribution is -0.135. The topological polar surface area (TPSA) is 38.8 Å². The van der Waals surface area contributed by atoms with Gasteiger partial charge >= 0.3 is 0 Å². The van der Waals surface area contributed by atoms with E-state index < -0.39 is 16.6 Å². The summed E-state index contributed by atoms with van der Waals surface area (Å²) in [5.41, 5.74) is 0. The first kappa shape index (κ1) is 20.8. The van der Waals surface area contributed by atoms with Gasteiger partial charge in [-0.2, -0.15) is 0 Å². The Morgan fingerprint density at radius 1 is 1.05 bits per heavy atom. The molecule has 0 aliphatic carbocycles. The predicted molar refractivity (Wildman–Crippen MR) is 94.7 cm³/mol. The highest BCUT2D eigenvalue weighted by molar-refractivity contribution is 6.71. The third-order valence-electron chi connectivity index (χ3n) is 3.29. The largest absolute Gasteiger partial charge is 0.520 e. The van der Waals surface area contributed by atoms with Gasteiger partial charge in [-0.15, -0.1) is 0 Å². The van der Waals surface area contributed by atoms with E-state index in [1.54, 1.807) is 0 Å². The molecule has 0 fully saturated rings. The first-order valence-corrected chi connectivity index (χ1v) is 14.7. The maximum Gasteiger partial charge on any atom is 0.293 e. The number of hydrogen-bond acceptors (Lipinski definition) is 4. The molecule has 0 aliphatic rings. The van der Waals surface area contributed by atoms with Crippen LogP contribution in [0.3, 0.4) is 0 Å². The Labute approximate surface area is 133 Å². The molecular weight excluding hydrogens is 298 g/mol. The van der Waals surface area contributed by atoms with Crippen LogP contribution in [0.2, 0.25) is 38.8 Å². The van der Waals surface area contributed by atoms with Crippen molar-refractivity contribution in [3.05, 3.63) is 0 Å². The van der Waals surface area contributed by atoms with Crippen molar-refractivity contribution in [3.8, 4) is 0 Å². The fourth-order valence-electron chi connectivity index (χ4n) is 2.26. The van der Waals surface area contributed by atoms with E-state index >= 15 is 0 Å². The number of hydrogen-bond donors (Lipinski definition) is 0. The average Bonchev–Trinajstić information content (AvgIpc) is 2.31. The fourth-order valence-corrected chi connectivity index (χ4v) is 4.98. The van der Waals surface area contributed by atoms with E-state index in [1.807, 2.05) is 19.6 Å². The molecule has 0 aromatic carbocycles. The summed E-state index contributed by atoms with van der Waals surface area (Å²) in [6.07, 6.45) is 1.65. The molecule has 0 spiro atoms. The SMILES string of the molecule is CCO[Si](C)(C)CCCN(CC)CCC(=O)O[Si](C)(C)C. The van der Waals surface area contributed by atoms with Gasteiger partial charge in [0.1, 0.15) is 0 Å². The molecule has 0 unspecified atom stereocenters. The molecule has 0 saturated carbocycles. The molecule has 0 aliphatic heterocycles. The van der Waals surface area contributed by atoms with Crippen molar-refractivity contribution in [3.63, 3.8) is 0 Å². The minimum atomic E-state index is -1.74. The smallest absolute Gasteiger partial charge is 0.293 e. The van der Waals surface area contributed by atoms with Crippen LogP contribution in [0, 0.1) is 0 Å². The van der Waals surface area contributed by atoms with Gasteiger partial charge in [0.25, 0.3) is 5.97 Å². The second-order valence-corrected chi connectivity index (χ2v) is 15.8. The molecule has 0 aromatic rings. The summed E-state index contributed by atoms with van der Waals surface area (Å²) >= 11 is 0. The maximum absolute atomic E-state index is 11.8. The second-order valence-electron chi connectivity index (χ2n) is 7.07. The molecule has 126 valence electrons. The lowest BCUT2D eigenvalue weighted by Crippen LogP contribution is -2.34. The van der Waals surface area contributed by atoms with Crippen LogP contribution in [-0.4, -0.2) is 53.7 Å². The Hall–Kier alpha value is -0.176. The normalized spacial score (nSPS) is 12.8. The van der Waals surface area contributed by atoms with Gasteiger partial charge in [-0.25, -0.2) is 0 Å². The van der Waals surface area contributed by atoms with Crippen molar-refractivity contribution in [2.24, 2.45) is 0 Å². The van der Waals surface area contributed by atoms with Gasteiger partial charge < -0.3 is 13.8 Å². The molecule has 0 bridgehead atoms. The summed E-state index contributed by atoms with van der Waals surface area (Å²) in [5.74, 6) is -0.0448. The van der Waals surface area contributed by atoms with Crippen molar-refractivity contribution in [1.82, 2.24) is 4.90 Å². The van der Waals surface area contributed by atoms with Crippen molar-refractivity contribution in [1.29, 1.82) is 0 Å². The Morgan fingerprint density at radius 3 is 2.14 bits per heavy atom. The zero-order valence-electron chi connectivity index (χ0n) is 15.1. The van der Waals surface area contributed by atoms with Crippen molar-refractivity contribution in [2.45, 2.75) is 65.5 Å². The minimum Gasteiger partial charge on any atom is -0.520 e. The molecule has 6 heteroatoms. The number of nitrogens with zero attached hydrogens (tertiary/aromatic N) is 1. The van der Waals surface area contributed by atoms with Crippen molar-refractivity contribution in [2.75, 3.05) is 26.2 Å². The highest BCUT2D eigenvalue weighted by atomic mass is 28.4.